The molecule has 1 amide bonds. The molecule has 1 heterocycles. The van der Waals surface area contributed by atoms with Crippen LogP contribution in [0.5, 0.6) is 0 Å². The normalized spacial score (nSPS) is 23.7. The van der Waals surface area contributed by atoms with E-state index in [2.05, 4.69) is 13.0 Å². The third kappa shape index (κ3) is 2.22. The number of rotatable bonds is 2. The second-order valence-electron chi connectivity index (χ2n) is 5.39. The van der Waals surface area contributed by atoms with Gasteiger partial charge in [0.25, 0.3) is 0 Å². The maximum Gasteiger partial charge on any atom is 0.240 e. The first-order valence-electron chi connectivity index (χ1n) is 7.10. The lowest BCUT2D eigenvalue weighted by molar-refractivity contribution is -0.118. The van der Waals surface area contributed by atoms with Gasteiger partial charge in [0.2, 0.25) is 5.91 Å². The summed E-state index contributed by atoms with van der Waals surface area (Å²) in [5, 5.41) is 0.0664. The Labute approximate surface area is 118 Å². The lowest BCUT2D eigenvalue weighted by Crippen LogP contribution is -2.46. The van der Waals surface area contributed by atoms with E-state index in [-0.39, 0.29) is 11.2 Å². The highest BCUT2D eigenvalue weighted by atomic mass is 32.2. The predicted molar refractivity (Wildman–Crippen MR) is 80.5 cm³/mol. The summed E-state index contributed by atoms with van der Waals surface area (Å²) < 4.78 is 0. The van der Waals surface area contributed by atoms with Crippen molar-refractivity contribution in [2.75, 3.05) is 10.6 Å². The smallest absolute Gasteiger partial charge is 0.240 e. The van der Waals surface area contributed by atoms with Gasteiger partial charge in [0.1, 0.15) is 0 Å². The van der Waals surface area contributed by atoms with Gasteiger partial charge in [-0.25, -0.2) is 0 Å². The predicted octanol–water partition coefficient (Wildman–Crippen LogP) is 3.43. The molecular formula is C15H20N2OS. The van der Waals surface area contributed by atoms with Crippen LogP contribution in [-0.4, -0.2) is 17.2 Å². The summed E-state index contributed by atoms with van der Waals surface area (Å²) >= 11 is 1.69. The van der Waals surface area contributed by atoms with Crippen molar-refractivity contribution in [3.8, 4) is 0 Å². The molecule has 4 heteroatoms. The van der Waals surface area contributed by atoms with Crippen LogP contribution >= 0.6 is 11.8 Å². The van der Waals surface area contributed by atoms with Crippen molar-refractivity contribution in [2.24, 2.45) is 0 Å². The molecule has 1 atom stereocenters. The molecule has 1 aromatic rings. The second kappa shape index (κ2) is 5.08. The van der Waals surface area contributed by atoms with Crippen LogP contribution in [0.4, 0.5) is 11.4 Å². The summed E-state index contributed by atoms with van der Waals surface area (Å²) in [5.74, 6) is 0.275. The fourth-order valence-corrected chi connectivity index (χ4v) is 4.21. The van der Waals surface area contributed by atoms with Gasteiger partial charge in [0, 0.05) is 16.6 Å². The Kier molecular flexibility index (Phi) is 3.44. The van der Waals surface area contributed by atoms with Crippen molar-refractivity contribution in [2.45, 2.75) is 55.2 Å². The van der Waals surface area contributed by atoms with E-state index in [4.69, 9.17) is 5.73 Å². The summed E-state index contributed by atoms with van der Waals surface area (Å²) in [7, 11) is 0. The molecule has 1 aliphatic carbocycles. The minimum atomic E-state index is 0.0664. The lowest BCUT2D eigenvalue weighted by Gasteiger charge is -2.37. The van der Waals surface area contributed by atoms with E-state index in [1.54, 1.807) is 11.8 Å². The molecule has 102 valence electrons. The fraction of sp³-hybridized carbons (Fsp3) is 0.533. The Morgan fingerprint density at radius 3 is 2.79 bits per heavy atom. The van der Waals surface area contributed by atoms with E-state index in [0.717, 1.165) is 30.6 Å². The highest BCUT2D eigenvalue weighted by molar-refractivity contribution is 8.01. The Bertz CT molecular complexity index is 497. The first-order chi connectivity index (χ1) is 9.20. The molecule has 0 radical (unpaired) electrons. The fourth-order valence-electron chi connectivity index (χ4n) is 3.10. The summed E-state index contributed by atoms with van der Waals surface area (Å²) in [5.41, 5.74) is 7.68. The van der Waals surface area contributed by atoms with Gasteiger partial charge in [0.15, 0.2) is 0 Å². The minimum Gasteiger partial charge on any atom is -0.399 e. The summed E-state index contributed by atoms with van der Waals surface area (Å²) in [4.78, 5) is 15.9. The number of thioether (sulfide) groups is 1. The van der Waals surface area contributed by atoms with Crippen molar-refractivity contribution in [1.82, 2.24) is 0 Å². The summed E-state index contributed by atoms with van der Waals surface area (Å²) in [6, 6.07) is 6.33. The quantitative estimate of drug-likeness (QED) is 0.842. The molecular weight excluding hydrogens is 256 g/mol. The van der Waals surface area contributed by atoms with Gasteiger partial charge in [0.05, 0.1) is 10.9 Å². The summed E-state index contributed by atoms with van der Waals surface area (Å²) in [6.45, 7) is 2.09. The average molecular weight is 276 g/mol. The lowest BCUT2D eigenvalue weighted by atomic mass is 10.1. The van der Waals surface area contributed by atoms with E-state index in [9.17, 15) is 4.79 Å². The first-order valence-corrected chi connectivity index (χ1v) is 7.98. The van der Waals surface area contributed by atoms with E-state index in [1.165, 1.54) is 17.7 Å². The third-order valence-corrected chi connectivity index (χ3v) is 5.50. The van der Waals surface area contributed by atoms with Gasteiger partial charge in [-0.1, -0.05) is 19.8 Å². The topological polar surface area (TPSA) is 46.3 Å². The SMILES string of the molecule is CCC1Sc2ccc(N)cc2N(C2CCCC2)C1=O. The van der Waals surface area contributed by atoms with Crippen molar-refractivity contribution in [3.05, 3.63) is 18.2 Å². The molecule has 0 saturated heterocycles. The number of fused-ring (bicyclic) bond motifs is 1. The molecule has 3 rings (SSSR count). The van der Waals surface area contributed by atoms with Crippen molar-refractivity contribution in [3.63, 3.8) is 0 Å². The molecule has 2 aliphatic rings. The van der Waals surface area contributed by atoms with Crippen LogP contribution in [0.15, 0.2) is 23.1 Å². The maximum atomic E-state index is 12.7. The number of hydrogen-bond acceptors (Lipinski definition) is 3. The highest BCUT2D eigenvalue weighted by Gasteiger charge is 2.37. The molecule has 0 aromatic heterocycles. The van der Waals surface area contributed by atoms with Crippen LogP contribution in [0.1, 0.15) is 39.0 Å². The van der Waals surface area contributed by atoms with E-state index in [1.807, 2.05) is 17.0 Å². The van der Waals surface area contributed by atoms with Gasteiger partial charge >= 0.3 is 0 Å². The monoisotopic (exact) mass is 276 g/mol. The number of carbonyl (C=O) groups is 1. The number of hydrogen-bond donors (Lipinski definition) is 1. The Morgan fingerprint density at radius 2 is 2.11 bits per heavy atom. The molecule has 0 bridgehead atoms. The summed E-state index contributed by atoms with van der Waals surface area (Å²) in [6.07, 6.45) is 5.60. The molecule has 1 aromatic carbocycles. The van der Waals surface area contributed by atoms with E-state index in [0.29, 0.717) is 6.04 Å². The Morgan fingerprint density at radius 1 is 1.37 bits per heavy atom. The zero-order chi connectivity index (χ0) is 13.4. The van der Waals surface area contributed by atoms with Crippen LogP contribution < -0.4 is 10.6 Å². The van der Waals surface area contributed by atoms with Gasteiger partial charge in [-0.15, -0.1) is 11.8 Å². The Hall–Kier alpha value is -1.16. The van der Waals surface area contributed by atoms with E-state index >= 15 is 0 Å². The molecule has 1 saturated carbocycles. The van der Waals surface area contributed by atoms with Crippen molar-refractivity contribution < 1.29 is 4.79 Å². The number of benzene rings is 1. The highest BCUT2D eigenvalue weighted by Crippen LogP contribution is 2.44. The number of anilines is 2. The first kappa shape index (κ1) is 12.9. The van der Waals surface area contributed by atoms with Crippen LogP contribution in [-0.2, 0) is 4.79 Å². The molecule has 1 unspecified atom stereocenters. The number of nitrogens with zero attached hydrogens (tertiary/aromatic N) is 1. The molecule has 1 aliphatic heterocycles. The molecule has 0 spiro atoms. The number of amides is 1. The standard InChI is InChI=1S/C15H20N2OS/c1-2-13-15(18)17(11-5-3-4-6-11)12-9-10(16)7-8-14(12)19-13/h7-9,11,13H,2-6,16H2,1H3. The minimum absolute atomic E-state index is 0.0664. The number of carbonyl (C=O) groups excluding carboxylic acids is 1. The van der Waals surface area contributed by atoms with E-state index < -0.39 is 0 Å². The molecule has 1 fully saturated rings. The molecule has 3 nitrogen and oxygen atoms in total. The van der Waals surface area contributed by atoms with Crippen LogP contribution in [0.3, 0.4) is 0 Å². The van der Waals surface area contributed by atoms with Crippen LogP contribution in [0.2, 0.25) is 0 Å². The Balaban J connectivity index is 2.04. The van der Waals surface area contributed by atoms with Gasteiger partial charge < -0.3 is 10.6 Å². The molecule has 2 N–H and O–H groups in total. The van der Waals surface area contributed by atoms with Crippen molar-refractivity contribution in [1.29, 1.82) is 0 Å². The zero-order valence-electron chi connectivity index (χ0n) is 11.3. The maximum absolute atomic E-state index is 12.7. The average Bonchev–Trinajstić information content (AvgIpc) is 2.91. The second-order valence-corrected chi connectivity index (χ2v) is 6.63. The molecule has 19 heavy (non-hydrogen) atoms. The van der Waals surface area contributed by atoms with Gasteiger partial charge in [-0.2, -0.15) is 0 Å². The largest absolute Gasteiger partial charge is 0.399 e. The van der Waals surface area contributed by atoms with Crippen LogP contribution in [0, 0.1) is 0 Å². The van der Waals surface area contributed by atoms with Gasteiger partial charge in [-0.05, 0) is 37.5 Å². The zero-order valence-corrected chi connectivity index (χ0v) is 12.1. The number of nitrogen functional groups attached to an aromatic ring is 1. The third-order valence-electron chi connectivity index (χ3n) is 4.09. The van der Waals surface area contributed by atoms with Crippen molar-refractivity contribution >= 4 is 29.0 Å². The van der Waals surface area contributed by atoms with Gasteiger partial charge in [-0.3, -0.25) is 4.79 Å². The number of nitrogens with two attached hydrogens (primary N) is 1. The van der Waals surface area contributed by atoms with Crippen LogP contribution in [0.25, 0.3) is 0 Å².